The monoisotopic (exact) mass is 230 g/mol. The number of likely N-dealkylation sites (tertiary alicyclic amines) is 1. The summed E-state index contributed by atoms with van der Waals surface area (Å²) in [5.74, 6) is 0.278. The first-order chi connectivity index (χ1) is 8.33. The van der Waals surface area contributed by atoms with Gasteiger partial charge in [-0.25, -0.2) is 0 Å². The molecule has 1 fully saturated rings. The highest BCUT2D eigenvalue weighted by molar-refractivity contribution is 5.79. The van der Waals surface area contributed by atoms with Crippen LogP contribution >= 0.6 is 0 Å². The van der Waals surface area contributed by atoms with Gasteiger partial charge in [-0.3, -0.25) is 4.79 Å². The largest absolute Gasteiger partial charge is 0.384 e. The average molecular weight is 230 g/mol. The molecule has 90 valence electrons. The van der Waals surface area contributed by atoms with Crippen molar-refractivity contribution in [1.29, 1.82) is 0 Å². The Hall–Kier alpha value is -1.51. The molecule has 3 rings (SSSR count). The molecule has 3 heteroatoms. The van der Waals surface area contributed by atoms with Crippen LogP contribution in [0.3, 0.4) is 0 Å². The van der Waals surface area contributed by atoms with Gasteiger partial charge in [0.2, 0.25) is 5.91 Å². The molecule has 0 bridgehead atoms. The van der Waals surface area contributed by atoms with Gasteiger partial charge in [0.15, 0.2) is 0 Å². The smallest absolute Gasteiger partial charge is 0.226 e. The zero-order valence-electron chi connectivity index (χ0n) is 10.0. The van der Waals surface area contributed by atoms with Crippen molar-refractivity contribution < 1.29 is 4.79 Å². The second kappa shape index (κ2) is 4.40. The van der Waals surface area contributed by atoms with Crippen molar-refractivity contribution >= 4 is 11.6 Å². The lowest BCUT2D eigenvalue weighted by atomic mass is 10.1. The van der Waals surface area contributed by atoms with Crippen molar-refractivity contribution in [2.45, 2.75) is 25.7 Å². The lowest BCUT2D eigenvalue weighted by molar-refractivity contribution is -0.129. The molecule has 0 saturated carbocycles. The lowest BCUT2D eigenvalue weighted by Crippen LogP contribution is -2.29. The van der Waals surface area contributed by atoms with E-state index in [0.717, 1.165) is 44.5 Å². The fourth-order valence-electron chi connectivity index (χ4n) is 2.70. The van der Waals surface area contributed by atoms with Crippen LogP contribution in [0.25, 0.3) is 0 Å². The summed E-state index contributed by atoms with van der Waals surface area (Å²) in [5.41, 5.74) is 3.73. The maximum Gasteiger partial charge on any atom is 0.226 e. The third kappa shape index (κ3) is 2.14. The van der Waals surface area contributed by atoms with Crippen LogP contribution in [0.4, 0.5) is 5.69 Å². The maximum absolute atomic E-state index is 12.0. The van der Waals surface area contributed by atoms with Gasteiger partial charge in [-0.1, -0.05) is 12.1 Å². The van der Waals surface area contributed by atoms with Gasteiger partial charge in [-0.2, -0.15) is 0 Å². The molecule has 0 aliphatic carbocycles. The van der Waals surface area contributed by atoms with Gasteiger partial charge in [0.05, 0.1) is 6.42 Å². The number of carbonyl (C=O) groups excluding carboxylic acids is 1. The molecule has 2 heterocycles. The predicted octanol–water partition coefficient (Wildman–Crippen LogP) is 1.82. The number of hydrogen-bond acceptors (Lipinski definition) is 2. The second-order valence-corrected chi connectivity index (χ2v) is 4.93. The van der Waals surface area contributed by atoms with Gasteiger partial charge in [0.25, 0.3) is 0 Å². The number of nitrogens with one attached hydrogen (secondary N) is 1. The van der Waals surface area contributed by atoms with Crippen LogP contribution in [0.15, 0.2) is 18.2 Å². The minimum absolute atomic E-state index is 0.278. The van der Waals surface area contributed by atoms with Crippen LogP contribution in [0, 0.1) is 0 Å². The Balaban J connectivity index is 1.70. The molecule has 0 atom stereocenters. The molecule has 17 heavy (non-hydrogen) atoms. The van der Waals surface area contributed by atoms with Crippen LogP contribution in [-0.4, -0.2) is 30.4 Å². The van der Waals surface area contributed by atoms with E-state index < -0.39 is 0 Å². The molecule has 1 amide bonds. The quantitative estimate of drug-likeness (QED) is 0.840. The number of rotatable bonds is 2. The van der Waals surface area contributed by atoms with E-state index in [0.29, 0.717) is 6.42 Å². The van der Waals surface area contributed by atoms with Crippen molar-refractivity contribution in [3.63, 3.8) is 0 Å². The summed E-state index contributed by atoms with van der Waals surface area (Å²) in [6, 6.07) is 6.39. The number of benzene rings is 1. The number of anilines is 1. The Bertz CT molecular complexity index is 436. The predicted molar refractivity (Wildman–Crippen MR) is 68.2 cm³/mol. The molecule has 2 aliphatic heterocycles. The highest BCUT2D eigenvalue weighted by Gasteiger charge is 2.18. The molecule has 0 radical (unpaired) electrons. The third-order valence-corrected chi connectivity index (χ3v) is 3.70. The van der Waals surface area contributed by atoms with E-state index >= 15 is 0 Å². The van der Waals surface area contributed by atoms with Crippen LogP contribution in [0.1, 0.15) is 24.0 Å². The number of hydrogen-bond donors (Lipinski definition) is 1. The average Bonchev–Trinajstić information content (AvgIpc) is 2.99. The normalized spacial score (nSPS) is 18.0. The van der Waals surface area contributed by atoms with Crippen LogP contribution in [0.5, 0.6) is 0 Å². The van der Waals surface area contributed by atoms with E-state index in [1.165, 1.54) is 11.3 Å². The van der Waals surface area contributed by atoms with Crippen LogP contribution < -0.4 is 5.32 Å². The highest BCUT2D eigenvalue weighted by atomic mass is 16.2. The van der Waals surface area contributed by atoms with Crippen molar-refractivity contribution in [1.82, 2.24) is 4.90 Å². The Morgan fingerprint density at radius 1 is 1.29 bits per heavy atom. The maximum atomic E-state index is 12.0. The van der Waals surface area contributed by atoms with Crippen molar-refractivity contribution in [2.75, 3.05) is 25.0 Å². The molecular formula is C14H18N2O. The molecule has 1 saturated heterocycles. The fourth-order valence-corrected chi connectivity index (χ4v) is 2.70. The number of nitrogens with zero attached hydrogens (tertiary/aromatic N) is 1. The summed E-state index contributed by atoms with van der Waals surface area (Å²) in [4.78, 5) is 14.0. The van der Waals surface area contributed by atoms with Crippen molar-refractivity contribution in [2.24, 2.45) is 0 Å². The number of carbonyl (C=O) groups is 1. The van der Waals surface area contributed by atoms with E-state index in [9.17, 15) is 4.79 Å². The summed E-state index contributed by atoms with van der Waals surface area (Å²) in [6.07, 6.45) is 3.99. The Morgan fingerprint density at radius 2 is 2.12 bits per heavy atom. The third-order valence-electron chi connectivity index (χ3n) is 3.70. The highest BCUT2D eigenvalue weighted by Crippen LogP contribution is 2.23. The SMILES string of the molecule is O=C(Cc1ccc2c(c1)NCC2)N1CCCC1. The lowest BCUT2D eigenvalue weighted by Gasteiger charge is -2.15. The first-order valence-electron chi connectivity index (χ1n) is 6.46. The topological polar surface area (TPSA) is 32.3 Å². The van der Waals surface area contributed by atoms with E-state index in [1.54, 1.807) is 0 Å². The van der Waals surface area contributed by atoms with Gasteiger partial charge in [0.1, 0.15) is 0 Å². The van der Waals surface area contributed by atoms with Crippen molar-refractivity contribution in [3.8, 4) is 0 Å². The summed E-state index contributed by atoms with van der Waals surface area (Å²) >= 11 is 0. The molecule has 0 unspecified atom stereocenters. The second-order valence-electron chi connectivity index (χ2n) is 4.93. The van der Waals surface area contributed by atoms with E-state index in [4.69, 9.17) is 0 Å². The zero-order chi connectivity index (χ0) is 11.7. The first-order valence-corrected chi connectivity index (χ1v) is 6.46. The Kier molecular flexibility index (Phi) is 2.75. The van der Waals surface area contributed by atoms with E-state index in [2.05, 4.69) is 23.5 Å². The number of amides is 1. The minimum Gasteiger partial charge on any atom is -0.384 e. The molecule has 1 N–H and O–H groups in total. The Labute approximate surface area is 102 Å². The standard InChI is InChI=1S/C14H18N2O/c17-14(16-7-1-2-8-16)10-11-3-4-12-5-6-15-13(12)9-11/h3-4,9,15H,1-2,5-8,10H2. The zero-order valence-corrected chi connectivity index (χ0v) is 10.0. The fraction of sp³-hybridized carbons (Fsp3) is 0.500. The van der Waals surface area contributed by atoms with E-state index in [1.807, 2.05) is 4.90 Å². The minimum atomic E-state index is 0.278. The molecule has 1 aromatic carbocycles. The van der Waals surface area contributed by atoms with Gasteiger partial charge < -0.3 is 10.2 Å². The van der Waals surface area contributed by atoms with Gasteiger partial charge in [-0.15, -0.1) is 0 Å². The Morgan fingerprint density at radius 3 is 2.94 bits per heavy atom. The summed E-state index contributed by atoms with van der Waals surface area (Å²) in [6.45, 7) is 2.92. The van der Waals surface area contributed by atoms with Crippen LogP contribution in [0.2, 0.25) is 0 Å². The summed E-state index contributed by atoms with van der Waals surface area (Å²) in [5, 5.41) is 3.36. The molecular weight excluding hydrogens is 212 g/mol. The molecule has 0 aromatic heterocycles. The number of fused-ring (bicyclic) bond motifs is 1. The molecule has 0 spiro atoms. The van der Waals surface area contributed by atoms with Gasteiger partial charge in [0, 0.05) is 25.3 Å². The summed E-state index contributed by atoms with van der Waals surface area (Å²) in [7, 11) is 0. The molecule has 2 aliphatic rings. The van der Waals surface area contributed by atoms with Crippen molar-refractivity contribution in [3.05, 3.63) is 29.3 Å². The van der Waals surface area contributed by atoms with Gasteiger partial charge in [-0.05, 0) is 36.5 Å². The van der Waals surface area contributed by atoms with E-state index in [-0.39, 0.29) is 5.91 Å². The van der Waals surface area contributed by atoms with Gasteiger partial charge >= 0.3 is 0 Å². The van der Waals surface area contributed by atoms with Crippen LogP contribution in [-0.2, 0) is 17.6 Å². The first kappa shape index (κ1) is 10.6. The summed E-state index contributed by atoms with van der Waals surface area (Å²) < 4.78 is 0. The molecule has 3 nitrogen and oxygen atoms in total. The molecule has 1 aromatic rings.